The van der Waals surface area contributed by atoms with Crippen molar-refractivity contribution in [3.05, 3.63) is 52.0 Å². The summed E-state index contributed by atoms with van der Waals surface area (Å²) in [4.78, 5) is 0.0845. The average Bonchev–Trinajstić information content (AvgIpc) is 2.33. The van der Waals surface area contributed by atoms with E-state index in [4.69, 9.17) is 11.6 Å². The minimum absolute atomic E-state index is 0.0347. The third kappa shape index (κ3) is 3.40. The lowest BCUT2D eigenvalue weighted by Crippen LogP contribution is -2.13. The highest BCUT2D eigenvalue weighted by molar-refractivity contribution is 9.10. The van der Waals surface area contributed by atoms with Crippen LogP contribution in [0.1, 0.15) is 0 Å². The number of hydrogen-bond donors (Lipinski definition) is 2. The number of halogens is 2. The van der Waals surface area contributed by atoms with E-state index in [1.165, 1.54) is 30.3 Å². The van der Waals surface area contributed by atoms with Crippen LogP contribution >= 0.6 is 27.5 Å². The monoisotopic (exact) mass is 361 g/mol. The number of benzene rings is 2. The minimum atomic E-state index is -3.77. The average molecular weight is 363 g/mol. The van der Waals surface area contributed by atoms with Crippen LogP contribution in [0.4, 0.5) is 5.69 Å². The van der Waals surface area contributed by atoms with Gasteiger partial charge in [0.25, 0.3) is 10.0 Å². The second kappa shape index (κ2) is 5.40. The molecular formula is C12H9BrClNO3S. The smallest absolute Gasteiger partial charge is 0.262 e. The molecule has 2 N–H and O–H groups in total. The van der Waals surface area contributed by atoms with E-state index in [0.717, 1.165) is 0 Å². The van der Waals surface area contributed by atoms with Gasteiger partial charge in [-0.25, -0.2) is 8.42 Å². The summed E-state index contributed by atoms with van der Waals surface area (Å²) in [5.74, 6) is -0.192. The Morgan fingerprint density at radius 1 is 1.16 bits per heavy atom. The first-order valence-corrected chi connectivity index (χ1v) is 7.81. The first-order chi connectivity index (χ1) is 8.88. The zero-order valence-electron chi connectivity index (χ0n) is 9.47. The molecule has 2 rings (SSSR count). The van der Waals surface area contributed by atoms with E-state index < -0.39 is 10.0 Å². The maximum Gasteiger partial charge on any atom is 0.262 e. The zero-order chi connectivity index (χ0) is 14.0. The molecule has 0 atom stereocenters. The van der Waals surface area contributed by atoms with Crippen LogP contribution in [0.2, 0.25) is 5.02 Å². The molecule has 2 aromatic carbocycles. The molecule has 0 fully saturated rings. The number of sulfonamides is 1. The molecule has 0 unspecified atom stereocenters. The number of rotatable bonds is 3. The molecule has 0 aliphatic carbocycles. The summed E-state index contributed by atoms with van der Waals surface area (Å²) in [7, 11) is -3.77. The standard InChI is InChI=1S/C12H9BrClNO3S/c13-8-2-1-3-10(6-8)19(17,18)15-11-7-9(14)4-5-12(11)16/h1-7,15-16H. The first kappa shape index (κ1) is 14.2. The minimum Gasteiger partial charge on any atom is -0.506 e. The van der Waals surface area contributed by atoms with Crippen LogP contribution in [0.25, 0.3) is 0 Å². The fraction of sp³-hybridized carbons (Fsp3) is 0. The highest BCUT2D eigenvalue weighted by Crippen LogP contribution is 2.29. The molecule has 0 spiro atoms. The number of aromatic hydroxyl groups is 1. The van der Waals surface area contributed by atoms with Crippen LogP contribution in [-0.4, -0.2) is 13.5 Å². The summed E-state index contributed by atoms with van der Waals surface area (Å²) in [6.07, 6.45) is 0. The largest absolute Gasteiger partial charge is 0.506 e. The number of phenols is 1. The van der Waals surface area contributed by atoms with Crippen molar-refractivity contribution >= 4 is 43.2 Å². The molecule has 0 bridgehead atoms. The summed E-state index contributed by atoms with van der Waals surface area (Å²) in [5.41, 5.74) is 0.0347. The van der Waals surface area contributed by atoms with E-state index in [0.29, 0.717) is 9.50 Å². The predicted octanol–water partition coefficient (Wildman–Crippen LogP) is 3.61. The lowest BCUT2D eigenvalue weighted by Gasteiger charge is -2.10. The zero-order valence-corrected chi connectivity index (χ0v) is 12.6. The Bertz CT molecular complexity index is 719. The van der Waals surface area contributed by atoms with Gasteiger partial charge in [-0.15, -0.1) is 0 Å². The number of nitrogens with one attached hydrogen (secondary N) is 1. The van der Waals surface area contributed by atoms with Crippen LogP contribution in [0.3, 0.4) is 0 Å². The molecule has 7 heteroatoms. The van der Waals surface area contributed by atoms with E-state index in [-0.39, 0.29) is 16.3 Å². The summed E-state index contributed by atoms with van der Waals surface area (Å²) >= 11 is 8.97. The molecule has 0 radical (unpaired) electrons. The molecule has 19 heavy (non-hydrogen) atoms. The topological polar surface area (TPSA) is 66.4 Å². The molecule has 0 heterocycles. The van der Waals surface area contributed by atoms with Gasteiger partial charge >= 0.3 is 0 Å². The van der Waals surface area contributed by atoms with E-state index in [1.54, 1.807) is 12.1 Å². The third-order valence-corrected chi connectivity index (χ3v) is 4.40. The number of anilines is 1. The van der Waals surface area contributed by atoms with Crippen molar-refractivity contribution in [2.75, 3.05) is 4.72 Å². The molecule has 100 valence electrons. The van der Waals surface area contributed by atoms with Crippen molar-refractivity contribution in [1.29, 1.82) is 0 Å². The lowest BCUT2D eigenvalue weighted by molar-refractivity contribution is 0.477. The van der Waals surface area contributed by atoms with Gasteiger partial charge in [0.15, 0.2) is 0 Å². The van der Waals surface area contributed by atoms with E-state index >= 15 is 0 Å². The molecule has 0 saturated carbocycles. The van der Waals surface area contributed by atoms with Gasteiger partial charge in [0, 0.05) is 9.50 Å². The summed E-state index contributed by atoms with van der Waals surface area (Å²) in [6, 6.07) is 10.4. The second-order valence-corrected chi connectivity index (χ2v) is 6.76. The molecule has 2 aromatic rings. The van der Waals surface area contributed by atoms with Crippen LogP contribution in [0, 0.1) is 0 Å². The fourth-order valence-electron chi connectivity index (χ4n) is 1.43. The Hall–Kier alpha value is -1.24. The number of hydrogen-bond acceptors (Lipinski definition) is 3. The Morgan fingerprint density at radius 3 is 2.58 bits per heavy atom. The molecule has 0 aliphatic rings. The van der Waals surface area contributed by atoms with E-state index in [1.807, 2.05) is 0 Å². The SMILES string of the molecule is O=S(=O)(Nc1cc(Cl)ccc1O)c1cccc(Br)c1. The highest BCUT2D eigenvalue weighted by Gasteiger charge is 2.16. The van der Waals surface area contributed by atoms with Crippen LogP contribution in [-0.2, 0) is 10.0 Å². The summed E-state index contributed by atoms with van der Waals surface area (Å²) < 4.78 is 27.2. The van der Waals surface area contributed by atoms with Crippen molar-refractivity contribution in [1.82, 2.24) is 0 Å². The lowest BCUT2D eigenvalue weighted by atomic mass is 10.3. The van der Waals surface area contributed by atoms with Crippen molar-refractivity contribution in [3.63, 3.8) is 0 Å². The summed E-state index contributed by atoms with van der Waals surface area (Å²) in [5, 5.41) is 9.93. The van der Waals surface area contributed by atoms with Gasteiger partial charge in [-0.3, -0.25) is 4.72 Å². The molecule has 0 amide bonds. The van der Waals surface area contributed by atoms with Crippen molar-refractivity contribution in [2.24, 2.45) is 0 Å². The van der Waals surface area contributed by atoms with E-state index in [2.05, 4.69) is 20.7 Å². The van der Waals surface area contributed by atoms with Gasteiger partial charge in [-0.05, 0) is 36.4 Å². The summed E-state index contributed by atoms with van der Waals surface area (Å²) in [6.45, 7) is 0. The molecule has 0 aromatic heterocycles. The van der Waals surface area contributed by atoms with Crippen molar-refractivity contribution in [2.45, 2.75) is 4.90 Å². The maximum atomic E-state index is 12.1. The van der Waals surface area contributed by atoms with Gasteiger partial charge in [0.2, 0.25) is 0 Å². The highest BCUT2D eigenvalue weighted by atomic mass is 79.9. The van der Waals surface area contributed by atoms with Gasteiger partial charge in [-0.1, -0.05) is 33.6 Å². The van der Waals surface area contributed by atoms with Gasteiger partial charge in [0.05, 0.1) is 10.6 Å². The normalized spacial score (nSPS) is 11.3. The van der Waals surface area contributed by atoms with Crippen molar-refractivity contribution < 1.29 is 13.5 Å². The molecule has 0 saturated heterocycles. The maximum absolute atomic E-state index is 12.1. The second-order valence-electron chi connectivity index (χ2n) is 3.72. The Balaban J connectivity index is 2.39. The molecular weight excluding hydrogens is 354 g/mol. The fourth-order valence-corrected chi connectivity index (χ4v) is 3.26. The van der Waals surface area contributed by atoms with E-state index in [9.17, 15) is 13.5 Å². The molecule has 0 aliphatic heterocycles. The van der Waals surface area contributed by atoms with Gasteiger partial charge < -0.3 is 5.11 Å². The third-order valence-electron chi connectivity index (χ3n) is 2.31. The van der Waals surface area contributed by atoms with Gasteiger partial charge in [-0.2, -0.15) is 0 Å². The van der Waals surface area contributed by atoms with Crippen LogP contribution in [0.15, 0.2) is 51.8 Å². The van der Waals surface area contributed by atoms with Gasteiger partial charge in [0.1, 0.15) is 5.75 Å². The number of phenolic OH excluding ortho intramolecular Hbond substituents is 1. The predicted molar refractivity (Wildman–Crippen MR) is 78.1 cm³/mol. The Kier molecular flexibility index (Phi) is 4.03. The quantitative estimate of drug-likeness (QED) is 0.820. The Morgan fingerprint density at radius 2 is 1.89 bits per heavy atom. The van der Waals surface area contributed by atoms with Crippen LogP contribution in [0.5, 0.6) is 5.75 Å². The Labute approximate surface area is 124 Å². The first-order valence-electron chi connectivity index (χ1n) is 5.15. The van der Waals surface area contributed by atoms with Crippen LogP contribution < -0.4 is 4.72 Å². The van der Waals surface area contributed by atoms with Crippen molar-refractivity contribution in [3.8, 4) is 5.75 Å². The molecule has 4 nitrogen and oxygen atoms in total.